The summed E-state index contributed by atoms with van der Waals surface area (Å²) in [5, 5.41) is 12.5. The van der Waals surface area contributed by atoms with Crippen LogP contribution in [0.4, 0.5) is 0 Å². The van der Waals surface area contributed by atoms with Crippen LogP contribution in [0.3, 0.4) is 0 Å². The molecule has 0 radical (unpaired) electrons. The lowest BCUT2D eigenvalue weighted by Crippen LogP contribution is -2.25. The maximum atomic E-state index is 12.1. The fourth-order valence-corrected chi connectivity index (χ4v) is 2.82. The number of rotatable bonds is 4. The maximum absolute atomic E-state index is 12.1. The van der Waals surface area contributed by atoms with Crippen molar-refractivity contribution in [2.24, 2.45) is 0 Å². The van der Waals surface area contributed by atoms with Crippen molar-refractivity contribution in [1.29, 1.82) is 5.26 Å². The van der Waals surface area contributed by atoms with E-state index in [1.165, 1.54) is 42.6 Å². The van der Waals surface area contributed by atoms with Crippen molar-refractivity contribution < 1.29 is 8.42 Å². The quantitative estimate of drug-likeness (QED) is 0.821. The molecule has 0 amide bonds. The van der Waals surface area contributed by atoms with Crippen LogP contribution in [0.15, 0.2) is 52.3 Å². The van der Waals surface area contributed by atoms with E-state index >= 15 is 0 Å². The third-order valence-electron chi connectivity index (χ3n) is 2.70. The number of sulfone groups is 1. The highest BCUT2D eigenvalue weighted by Crippen LogP contribution is 2.12. The van der Waals surface area contributed by atoms with Crippen LogP contribution >= 0.6 is 0 Å². The first-order chi connectivity index (χ1) is 9.53. The van der Waals surface area contributed by atoms with E-state index in [4.69, 9.17) is 5.26 Å². The van der Waals surface area contributed by atoms with Gasteiger partial charge in [-0.2, -0.15) is 10.4 Å². The van der Waals surface area contributed by atoms with Gasteiger partial charge in [0.25, 0.3) is 5.56 Å². The Labute approximate surface area is 115 Å². The van der Waals surface area contributed by atoms with Crippen molar-refractivity contribution in [3.8, 4) is 6.07 Å². The van der Waals surface area contributed by atoms with E-state index in [0.717, 1.165) is 4.68 Å². The summed E-state index contributed by atoms with van der Waals surface area (Å²) in [7, 11) is -3.51. The van der Waals surface area contributed by atoms with E-state index in [-0.39, 0.29) is 22.8 Å². The van der Waals surface area contributed by atoms with Crippen LogP contribution in [0.25, 0.3) is 0 Å². The smallest absolute Gasteiger partial charge is 0.266 e. The molecule has 0 atom stereocenters. The molecule has 0 aliphatic carbocycles. The topological polar surface area (TPSA) is 92.8 Å². The third-order valence-corrected chi connectivity index (χ3v) is 4.41. The molecule has 0 spiro atoms. The number of benzene rings is 1. The molecule has 6 nitrogen and oxygen atoms in total. The molecule has 102 valence electrons. The summed E-state index contributed by atoms with van der Waals surface area (Å²) in [5.41, 5.74) is 0.0485. The summed E-state index contributed by atoms with van der Waals surface area (Å²) in [6.07, 6.45) is 1.43. The minimum Gasteiger partial charge on any atom is -0.268 e. The minimum atomic E-state index is -3.51. The summed E-state index contributed by atoms with van der Waals surface area (Å²) in [5.74, 6) is -0.226. The normalized spacial score (nSPS) is 10.9. The highest BCUT2D eigenvalue weighted by Gasteiger charge is 2.14. The van der Waals surface area contributed by atoms with Crippen molar-refractivity contribution >= 4 is 9.84 Å². The van der Waals surface area contributed by atoms with E-state index in [1.807, 2.05) is 6.07 Å². The zero-order valence-electron chi connectivity index (χ0n) is 10.4. The van der Waals surface area contributed by atoms with Crippen LogP contribution in [-0.4, -0.2) is 24.0 Å². The number of nitrogens with zero attached hydrogens (tertiary/aromatic N) is 3. The number of nitriles is 1. The summed E-state index contributed by atoms with van der Waals surface area (Å²) < 4.78 is 25.3. The van der Waals surface area contributed by atoms with E-state index in [2.05, 4.69) is 5.10 Å². The highest BCUT2D eigenvalue weighted by atomic mass is 32.2. The number of hydrogen-bond acceptors (Lipinski definition) is 5. The SMILES string of the molecule is N#Cc1ccc(S(=O)(=O)CCn2ncccc2=O)cc1. The number of aromatic nitrogens is 2. The van der Waals surface area contributed by atoms with Crippen molar-refractivity contribution in [3.05, 3.63) is 58.5 Å². The van der Waals surface area contributed by atoms with Gasteiger partial charge in [-0.15, -0.1) is 0 Å². The predicted octanol–water partition coefficient (Wildman–Crippen LogP) is 0.589. The number of aryl methyl sites for hydroxylation is 1. The molecule has 0 saturated carbocycles. The first-order valence-corrected chi connectivity index (χ1v) is 7.43. The molecule has 2 aromatic rings. The van der Waals surface area contributed by atoms with Crippen LogP contribution in [0.5, 0.6) is 0 Å². The lowest BCUT2D eigenvalue weighted by atomic mass is 10.2. The van der Waals surface area contributed by atoms with Crippen LogP contribution in [-0.2, 0) is 16.4 Å². The van der Waals surface area contributed by atoms with Gasteiger partial charge in [0.1, 0.15) is 0 Å². The fourth-order valence-electron chi connectivity index (χ4n) is 1.62. The van der Waals surface area contributed by atoms with Crippen LogP contribution < -0.4 is 5.56 Å². The van der Waals surface area contributed by atoms with Gasteiger partial charge < -0.3 is 0 Å². The molecule has 20 heavy (non-hydrogen) atoms. The van der Waals surface area contributed by atoms with E-state index in [1.54, 1.807) is 0 Å². The second kappa shape index (κ2) is 5.67. The van der Waals surface area contributed by atoms with Gasteiger partial charge in [-0.1, -0.05) is 0 Å². The zero-order chi connectivity index (χ0) is 14.6. The molecular weight excluding hydrogens is 278 g/mol. The largest absolute Gasteiger partial charge is 0.268 e. The first-order valence-electron chi connectivity index (χ1n) is 5.78. The Morgan fingerprint density at radius 3 is 2.50 bits per heavy atom. The Kier molecular flexibility index (Phi) is 3.96. The molecule has 1 aromatic carbocycles. The summed E-state index contributed by atoms with van der Waals surface area (Å²) in [4.78, 5) is 11.6. The third kappa shape index (κ3) is 3.10. The second-order valence-electron chi connectivity index (χ2n) is 4.04. The van der Waals surface area contributed by atoms with Gasteiger partial charge >= 0.3 is 0 Å². The molecule has 1 aromatic heterocycles. The summed E-state index contributed by atoms with van der Waals surface area (Å²) >= 11 is 0. The van der Waals surface area contributed by atoms with Gasteiger partial charge in [-0.3, -0.25) is 4.79 Å². The lowest BCUT2D eigenvalue weighted by molar-refractivity contribution is 0.571. The average molecular weight is 289 g/mol. The molecule has 0 aliphatic heterocycles. The fraction of sp³-hybridized carbons (Fsp3) is 0.154. The Hall–Kier alpha value is -2.46. The van der Waals surface area contributed by atoms with Gasteiger partial charge in [0.15, 0.2) is 9.84 Å². The van der Waals surface area contributed by atoms with Crippen molar-refractivity contribution in [3.63, 3.8) is 0 Å². The predicted molar refractivity (Wildman–Crippen MR) is 71.7 cm³/mol. The molecule has 7 heteroatoms. The first kappa shape index (κ1) is 14.0. The van der Waals surface area contributed by atoms with E-state index in [9.17, 15) is 13.2 Å². The van der Waals surface area contributed by atoms with Crippen LogP contribution in [0.1, 0.15) is 5.56 Å². The van der Waals surface area contributed by atoms with E-state index < -0.39 is 9.84 Å². The molecule has 2 rings (SSSR count). The van der Waals surface area contributed by atoms with Crippen LogP contribution in [0, 0.1) is 11.3 Å². The highest BCUT2D eigenvalue weighted by molar-refractivity contribution is 7.91. The van der Waals surface area contributed by atoms with Gasteiger partial charge in [-0.05, 0) is 30.3 Å². The van der Waals surface area contributed by atoms with Crippen molar-refractivity contribution in [2.75, 3.05) is 5.75 Å². The Morgan fingerprint density at radius 1 is 1.20 bits per heavy atom. The number of hydrogen-bond donors (Lipinski definition) is 0. The lowest BCUT2D eigenvalue weighted by Gasteiger charge is -2.05. The molecule has 0 bridgehead atoms. The summed E-state index contributed by atoms with van der Waals surface area (Å²) in [6.45, 7) is -0.0119. The van der Waals surface area contributed by atoms with Gasteiger partial charge in [-0.25, -0.2) is 13.1 Å². The average Bonchev–Trinajstić information content (AvgIpc) is 2.46. The Morgan fingerprint density at radius 2 is 1.90 bits per heavy atom. The maximum Gasteiger partial charge on any atom is 0.266 e. The molecule has 1 heterocycles. The Bertz CT molecular complexity index is 802. The molecule has 0 saturated heterocycles. The summed E-state index contributed by atoms with van der Waals surface area (Å²) in [6, 6.07) is 10.4. The van der Waals surface area contributed by atoms with Crippen molar-refractivity contribution in [1.82, 2.24) is 9.78 Å². The molecule has 0 N–H and O–H groups in total. The van der Waals surface area contributed by atoms with Gasteiger partial charge in [0.05, 0.1) is 28.8 Å². The minimum absolute atomic E-state index is 0.0119. The second-order valence-corrected chi connectivity index (χ2v) is 6.15. The molecule has 0 fully saturated rings. The Balaban J connectivity index is 2.17. The molecular formula is C13H11N3O3S. The monoisotopic (exact) mass is 289 g/mol. The molecule has 0 unspecified atom stereocenters. The zero-order valence-corrected chi connectivity index (χ0v) is 11.2. The van der Waals surface area contributed by atoms with Crippen molar-refractivity contribution in [2.45, 2.75) is 11.4 Å². The molecule has 0 aliphatic rings. The standard InChI is InChI=1S/C13H11N3O3S/c14-10-11-3-5-12(6-4-11)20(18,19)9-8-16-13(17)2-1-7-15-16/h1-7H,8-9H2. The van der Waals surface area contributed by atoms with Crippen LogP contribution in [0.2, 0.25) is 0 Å². The van der Waals surface area contributed by atoms with Gasteiger partial charge in [0, 0.05) is 12.3 Å². The van der Waals surface area contributed by atoms with Gasteiger partial charge in [0.2, 0.25) is 0 Å². The van der Waals surface area contributed by atoms with E-state index in [0.29, 0.717) is 5.56 Å².